The predicted octanol–water partition coefficient (Wildman–Crippen LogP) is 6.37. The summed E-state index contributed by atoms with van der Waals surface area (Å²) in [5.74, 6) is -0.111. The number of thioether (sulfide) groups is 1. The second-order valence-corrected chi connectivity index (χ2v) is 13.3. The van der Waals surface area contributed by atoms with E-state index in [2.05, 4.69) is 28.1 Å². The van der Waals surface area contributed by atoms with Gasteiger partial charge in [-0.25, -0.2) is 4.79 Å². The predicted molar refractivity (Wildman–Crippen MR) is 185 cm³/mol. The molecule has 0 spiro atoms. The van der Waals surface area contributed by atoms with Gasteiger partial charge in [-0.05, 0) is 56.0 Å². The largest absolute Gasteiger partial charge is 0.444 e. The van der Waals surface area contributed by atoms with Crippen molar-refractivity contribution in [3.63, 3.8) is 0 Å². The van der Waals surface area contributed by atoms with Crippen molar-refractivity contribution in [2.24, 2.45) is 0 Å². The summed E-state index contributed by atoms with van der Waals surface area (Å²) >= 11 is 1.67. The molecule has 3 amide bonds. The van der Waals surface area contributed by atoms with E-state index < -0.39 is 29.7 Å². The minimum absolute atomic E-state index is 0.199. The highest BCUT2D eigenvalue weighted by Gasteiger charge is 2.30. The molecule has 0 saturated carbocycles. The first-order valence-corrected chi connectivity index (χ1v) is 16.5. The van der Waals surface area contributed by atoms with E-state index in [0.29, 0.717) is 12.2 Å². The highest BCUT2D eigenvalue weighted by Crippen LogP contribution is 2.20. The molecule has 0 unspecified atom stereocenters. The van der Waals surface area contributed by atoms with Gasteiger partial charge in [0.15, 0.2) is 0 Å². The van der Waals surface area contributed by atoms with Gasteiger partial charge in [-0.2, -0.15) is 0 Å². The maximum Gasteiger partial charge on any atom is 0.408 e. The van der Waals surface area contributed by atoms with Crippen LogP contribution >= 0.6 is 11.8 Å². The van der Waals surface area contributed by atoms with Crippen LogP contribution in [0.2, 0.25) is 0 Å². The van der Waals surface area contributed by atoms with E-state index in [9.17, 15) is 14.4 Å². The Morgan fingerprint density at radius 1 is 0.587 bits per heavy atom. The maximum absolute atomic E-state index is 14.0. The van der Waals surface area contributed by atoms with Gasteiger partial charge in [0.1, 0.15) is 17.7 Å². The van der Waals surface area contributed by atoms with Crippen molar-refractivity contribution in [3.8, 4) is 0 Å². The average Bonchev–Trinajstić information content (AvgIpc) is 3.04. The van der Waals surface area contributed by atoms with Crippen molar-refractivity contribution in [1.82, 2.24) is 16.0 Å². The Kier molecular flexibility index (Phi) is 12.8. The number of hydrogen-bond acceptors (Lipinski definition) is 5. The number of alkyl carbamates (subject to hydrolysis) is 1. The summed E-state index contributed by atoms with van der Waals surface area (Å²) < 4.78 is 5.47. The highest BCUT2D eigenvalue weighted by molar-refractivity contribution is 7.99. The smallest absolute Gasteiger partial charge is 0.408 e. The fraction of sp³-hybridized carbons (Fsp3) is 0.289. The molecular weight excluding hydrogens is 595 g/mol. The Labute approximate surface area is 276 Å². The molecule has 0 aliphatic carbocycles. The molecule has 0 heterocycles. The van der Waals surface area contributed by atoms with Crippen molar-refractivity contribution < 1.29 is 19.1 Å². The Morgan fingerprint density at radius 3 is 1.48 bits per heavy atom. The van der Waals surface area contributed by atoms with Crippen LogP contribution < -0.4 is 16.0 Å². The van der Waals surface area contributed by atoms with Crippen LogP contribution in [0, 0.1) is 0 Å². The van der Waals surface area contributed by atoms with Crippen LogP contribution in [0.1, 0.15) is 37.5 Å². The molecule has 3 atom stereocenters. The zero-order chi connectivity index (χ0) is 32.8. The van der Waals surface area contributed by atoms with Crippen LogP contribution in [0.25, 0.3) is 0 Å². The van der Waals surface area contributed by atoms with Gasteiger partial charge in [-0.3, -0.25) is 9.59 Å². The summed E-state index contributed by atoms with van der Waals surface area (Å²) in [7, 11) is 0. The minimum atomic E-state index is -0.961. The molecule has 4 aromatic carbocycles. The van der Waals surface area contributed by atoms with Crippen molar-refractivity contribution in [3.05, 3.63) is 138 Å². The lowest BCUT2D eigenvalue weighted by Gasteiger charge is -2.27. The molecule has 0 aliphatic heterocycles. The van der Waals surface area contributed by atoms with Gasteiger partial charge in [0.25, 0.3) is 0 Å². The van der Waals surface area contributed by atoms with E-state index in [0.717, 1.165) is 21.6 Å². The first-order valence-electron chi connectivity index (χ1n) is 15.5. The van der Waals surface area contributed by atoms with Crippen molar-refractivity contribution in [2.45, 2.75) is 68.7 Å². The van der Waals surface area contributed by atoms with E-state index in [1.54, 1.807) is 32.5 Å². The van der Waals surface area contributed by atoms with Crippen molar-refractivity contribution in [1.29, 1.82) is 0 Å². The minimum Gasteiger partial charge on any atom is -0.444 e. The number of amides is 3. The molecule has 0 bridgehead atoms. The number of nitrogens with one attached hydrogen (secondary N) is 3. The number of rotatable bonds is 14. The second-order valence-electron chi connectivity index (χ2n) is 12.2. The van der Waals surface area contributed by atoms with E-state index >= 15 is 0 Å². The molecule has 240 valence electrons. The topological polar surface area (TPSA) is 96.5 Å². The fourth-order valence-corrected chi connectivity index (χ4v) is 5.85. The number of carbonyl (C=O) groups is 3. The van der Waals surface area contributed by atoms with E-state index in [-0.39, 0.29) is 24.8 Å². The highest BCUT2D eigenvalue weighted by atomic mass is 32.2. The van der Waals surface area contributed by atoms with Crippen LogP contribution in [-0.4, -0.2) is 47.4 Å². The first kappa shape index (κ1) is 34.3. The Bertz CT molecular complexity index is 1510. The molecule has 3 N–H and O–H groups in total. The maximum atomic E-state index is 14.0. The van der Waals surface area contributed by atoms with Crippen molar-refractivity contribution >= 4 is 29.7 Å². The third-order valence-corrected chi connectivity index (χ3v) is 8.25. The van der Waals surface area contributed by atoms with Gasteiger partial charge in [0.05, 0.1) is 0 Å². The standard InChI is InChI=1S/C38H43N3O4S/c1-38(2,3)45-37(44)41-34(26-30-20-12-6-13-21-30)36(43)40-33(25-29-18-10-5-11-19-29)35(42)39-31(24-28-16-8-4-9-17-28)27-46-32-22-14-7-15-23-32/h4-23,31,33-34H,24-27H2,1-3H3,(H,39,42)(H,40,43)(H,41,44)/t31-,33-,34-/m0/s1. The van der Waals surface area contributed by atoms with Gasteiger partial charge in [0.2, 0.25) is 11.8 Å². The van der Waals surface area contributed by atoms with Gasteiger partial charge < -0.3 is 20.7 Å². The Balaban J connectivity index is 1.55. The molecule has 46 heavy (non-hydrogen) atoms. The van der Waals surface area contributed by atoms with Crippen LogP contribution in [0.5, 0.6) is 0 Å². The lowest BCUT2D eigenvalue weighted by molar-refractivity contribution is -0.130. The van der Waals surface area contributed by atoms with Gasteiger partial charge in [-0.1, -0.05) is 109 Å². The normalized spacial score (nSPS) is 13.1. The Hall–Kier alpha value is -4.56. The third kappa shape index (κ3) is 12.1. The molecule has 4 rings (SSSR count). The van der Waals surface area contributed by atoms with Crippen molar-refractivity contribution in [2.75, 3.05) is 5.75 Å². The van der Waals surface area contributed by atoms with E-state index in [1.165, 1.54) is 0 Å². The molecule has 0 radical (unpaired) electrons. The molecule has 4 aromatic rings. The quantitative estimate of drug-likeness (QED) is 0.140. The van der Waals surface area contributed by atoms with E-state index in [1.807, 2.05) is 109 Å². The summed E-state index contributed by atoms with van der Waals surface area (Å²) in [6.45, 7) is 5.29. The molecule has 0 saturated heterocycles. The monoisotopic (exact) mass is 637 g/mol. The summed E-state index contributed by atoms with van der Waals surface area (Å²) in [5.41, 5.74) is 2.14. The molecule has 7 nitrogen and oxygen atoms in total. The molecular formula is C38H43N3O4S. The van der Waals surface area contributed by atoms with Gasteiger partial charge in [-0.15, -0.1) is 11.8 Å². The summed E-state index contributed by atoms with van der Waals surface area (Å²) in [6, 6.07) is 37.1. The molecule has 0 fully saturated rings. The number of ether oxygens (including phenoxy) is 1. The van der Waals surface area contributed by atoms with Gasteiger partial charge in [0, 0.05) is 29.5 Å². The Morgan fingerprint density at radius 2 is 1.00 bits per heavy atom. The average molecular weight is 638 g/mol. The third-order valence-electron chi connectivity index (χ3n) is 7.07. The number of carbonyl (C=O) groups excluding carboxylic acids is 3. The molecule has 0 aromatic heterocycles. The SMILES string of the molecule is CC(C)(C)OC(=O)N[C@@H](Cc1ccccc1)C(=O)N[C@@H](Cc1ccccc1)C(=O)N[C@H](CSc1ccccc1)Cc1ccccc1. The summed E-state index contributed by atoms with van der Waals surface area (Å²) in [6.07, 6.45) is 0.450. The number of hydrogen-bond donors (Lipinski definition) is 3. The lowest BCUT2D eigenvalue weighted by atomic mass is 10.0. The van der Waals surface area contributed by atoms with E-state index in [4.69, 9.17) is 4.74 Å². The van der Waals surface area contributed by atoms with Gasteiger partial charge >= 0.3 is 6.09 Å². The first-order chi connectivity index (χ1) is 22.1. The fourth-order valence-electron chi connectivity index (χ4n) is 4.91. The number of benzene rings is 4. The lowest BCUT2D eigenvalue weighted by Crippen LogP contribution is -2.56. The second kappa shape index (κ2) is 17.2. The zero-order valence-corrected chi connectivity index (χ0v) is 27.5. The zero-order valence-electron chi connectivity index (χ0n) is 26.6. The van der Waals surface area contributed by atoms with Crippen LogP contribution in [0.4, 0.5) is 4.79 Å². The molecule has 8 heteroatoms. The van der Waals surface area contributed by atoms with Crippen LogP contribution in [-0.2, 0) is 33.6 Å². The van der Waals surface area contributed by atoms with Crippen LogP contribution in [0.15, 0.2) is 126 Å². The summed E-state index contributed by atoms with van der Waals surface area (Å²) in [5, 5.41) is 8.94. The van der Waals surface area contributed by atoms with Crippen LogP contribution in [0.3, 0.4) is 0 Å². The molecule has 0 aliphatic rings. The summed E-state index contributed by atoms with van der Waals surface area (Å²) in [4.78, 5) is 41.8.